The van der Waals surface area contributed by atoms with Gasteiger partial charge in [0.15, 0.2) is 0 Å². The summed E-state index contributed by atoms with van der Waals surface area (Å²) in [5.41, 5.74) is 0.105. The van der Waals surface area contributed by atoms with E-state index >= 15 is 0 Å². The van der Waals surface area contributed by atoms with Crippen LogP contribution in [0, 0.1) is 0 Å². The second kappa shape index (κ2) is 5.10. The van der Waals surface area contributed by atoms with Crippen molar-refractivity contribution >= 4 is 0 Å². The van der Waals surface area contributed by atoms with Gasteiger partial charge in [-0.3, -0.25) is 0 Å². The van der Waals surface area contributed by atoms with Gasteiger partial charge in [0.1, 0.15) is 5.60 Å². The number of benzene rings is 1. The molecule has 0 heterocycles. The first-order valence-corrected chi connectivity index (χ1v) is 4.80. The monoisotopic (exact) mass is 194 g/mol. The first-order valence-electron chi connectivity index (χ1n) is 4.80. The molecule has 1 rings (SSSR count). The minimum atomic E-state index is -0.829. The van der Waals surface area contributed by atoms with Gasteiger partial charge in [-0.15, -0.1) is 0 Å². The topological polar surface area (TPSA) is 44.3 Å². The fourth-order valence-electron chi connectivity index (χ4n) is 1.60. The van der Waals surface area contributed by atoms with Gasteiger partial charge in [0.2, 0.25) is 0 Å². The molecule has 14 heavy (non-hydrogen) atoms. The molecular weight excluding hydrogens is 176 g/mol. The maximum Gasteiger partial charge on any atom is 0.114 e. The van der Waals surface area contributed by atoms with E-state index in [-0.39, 0.29) is 0 Å². The van der Waals surface area contributed by atoms with E-state index in [2.05, 4.69) is 10.6 Å². The fourth-order valence-corrected chi connectivity index (χ4v) is 1.60. The van der Waals surface area contributed by atoms with Gasteiger partial charge in [0, 0.05) is 13.1 Å². The van der Waals surface area contributed by atoms with Crippen molar-refractivity contribution in [2.75, 3.05) is 27.2 Å². The van der Waals surface area contributed by atoms with Crippen LogP contribution in [0.5, 0.6) is 0 Å². The molecule has 0 unspecified atom stereocenters. The van der Waals surface area contributed by atoms with Crippen molar-refractivity contribution in [3.63, 3.8) is 0 Å². The van der Waals surface area contributed by atoms with Crippen molar-refractivity contribution in [3.05, 3.63) is 35.9 Å². The van der Waals surface area contributed by atoms with E-state index < -0.39 is 5.60 Å². The molecule has 3 heteroatoms. The third kappa shape index (κ3) is 2.54. The van der Waals surface area contributed by atoms with E-state index in [1.165, 1.54) is 0 Å². The Bertz CT molecular complexity index is 255. The second-order valence-corrected chi connectivity index (χ2v) is 3.46. The van der Waals surface area contributed by atoms with E-state index in [9.17, 15) is 5.11 Å². The van der Waals surface area contributed by atoms with Crippen LogP contribution in [-0.2, 0) is 5.60 Å². The van der Waals surface area contributed by atoms with Crippen molar-refractivity contribution in [1.82, 2.24) is 10.6 Å². The van der Waals surface area contributed by atoms with Crippen molar-refractivity contribution in [3.8, 4) is 0 Å². The first-order chi connectivity index (χ1) is 6.73. The lowest BCUT2D eigenvalue weighted by Crippen LogP contribution is -2.44. The zero-order valence-corrected chi connectivity index (χ0v) is 8.75. The Hall–Kier alpha value is -0.900. The molecule has 0 amide bonds. The summed E-state index contributed by atoms with van der Waals surface area (Å²) in [6.07, 6.45) is 0. The van der Waals surface area contributed by atoms with Crippen LogP contribution in [0.15, 0.2) is 30.3 Å². The average Bonchev–Trinajstić information content (AvgIpc) is 2.20. The van der Waals surface area contributed by atoms with E-state index in [0.717, 1.165) is 5.56 Å². The number of nitrogens with one attached hydrogen (secondary N) is 2. The molecule has 3 N–H and O–H groups in total. The molecule has 3 nitrogen and oxygen atoms in total. The number of hydrogen-bond donors (Lipinski definition) is 3. The van der Waals surface area contributed by atoms with Crippen LogP contribution in [-0.4, -0.2) is 32.3 Å². The standard InChI is InChI=1S/C11H18N2O/c1-12-8-11(14,9-13-2)10-6-4-3-5-7-10/h3-7,12-14H,8-9H2,1-2H3. The van der Waals surface area contributed by atoms with Gasteiger partial charge in [0.05, 0.1) is 0 Å². The van der Waals surface area contributed by atoms with Gasteiger partial charge >= 0.3 is 0 Å². The summed E-state index contributed by atoms with van der Waals surface area (Å²) in [6.45, 7) is 1.08. The quantitative estimate of drug-likeness (QED) is 0.632. The van der Waals surface area contributed by atoms with Crippen LogP contribution < -0.4 is 10.6 Å². The molecule has 0 aliphatic heterocycles. The third-order valence-corrected chi connectivity index (χ3v) is 2.25. The van der Waals surface area contributed by atoms with Gasteiger partial charge in [0.25, 0.3) is 0 Å². The lowest BCUT2D eigenvalue weighted by Gasteiger charge is -2.28. The Balaban J connectivity index is 2.87. The van der Waals surface area contributed by atoms with Crippen molar-refractivity contribution in [2.24, 2.45) is 0 Å². The molecule has 0 spiro atoms. The molecule has 1 aromatic carbocycles. The maximum atomic E-state index is 10.4. The zero-order valence-electron chi connectivity index (χ0n) is 8.75. The predicted molar refractivity (Wildman–Crippen MR) is 58.2 cm³/mol. The van der Waals surface area contributed by atoms with Gasteiger partial charge in [-0.25, -0.2) is 0 Å². The number of hydrogen-bond acceptors (Lipinski definition) is 3. The Morgan fingerprint density at radius 2 is 1.57 bits per heavy atom. The number of aliphatic hydroxyl groups is 1. The van der Waals surface area contributed by atoms with E-state index in [0.29, 0.717) is 13.1 Å². The van der Waals surface area contributed by atoms with Crippen LogP contribution >= 0.6 is 0 Å². The summed E-state index contributed by atoms with van der Waals surface area (Å²) in [5.74, 6) is 0. The van der Waals surface area contributed by atoms with E-state index in [1.54, 1.807) is 0 Å². The Morgan fingerprint density at radius 1 is 1.07 bits per heavy atom. The predicted octanol–water partition coefficient (Wildman–Crippen LogP) is 0.313. The number of likely N-dealkylation sites (N-methyl/N-ethyl adjacent to an activating group) is 2. The van der Waals surface area contributed by atoms with Crippen molar-refractivity contribution < 1.29 is 5.11 Å². The summed E-state index contributed by atoms with van der Waals surface area (Å²) in [4.78, 5) is 0. The summed E-state index contributed by atoms with van der Waals surface area (Å²) in [6, 6.07) is 9.70. The maximum absolute atomic E-state index is 10.4. The number of rotatable bonds is 5. The molecular formula is C11H18N2O. The van der Waals surface area contributed by atoms with Gasteiger partial charge in [-0.2, -0.15) is 0 Å². The zero-order chi connectivity index (χ0) is 10.4. The molecule has 0 aliphatic carbocycles. The molecule has 1 aromatic rings. The second-order valence-electron chi connectivity index (χ2n) is 3.46. The van der Waals surface area contributed by atoms with Crippen LogP contribution in [0.2, 0.25) is 0 Å². The van der Waals surface area contributed by atoms with Gasteiger partial charge < -0.3 is 15.7 Å². The van der Waals surface area contributed by atoms with Gasteiger partial charge in [-0.1, -0.05) is 30.3 Å². The Kier molecular flexibility index (Phi) is 4.07. The summed E-state index contributed by atoms with van der Waals surface area (Å²) < 4.78 is 0. The minimum Gasteiger partial charge on any atom is -0.382 e. The first kappa shape index (κ1) is 11.2. The Morgan fingerprint density at radius 3 is 2.00 bits per heavy atom. The van der Waals surface area contributed by atoms with Crippen LogP contribution in [0.25, 0.3) is 0 Å². The highest BCUT2D eigenvalue weighted by Gasteiger charge is 2.27. The van der Waals surface area contributed by atoms with E-state index in [1.807, 2.05) is 44.4 Å². The summed E-state index contributed by atoms with van der Waals surface area (Å²) in [5, 5.41) is 16.4. The summed E-state index contributed by atoms with van der Waals surface area (Å²) in [7, 11) is 3.67. The highest BCUT2D eigenvalue weighted by molar-refractivity contribution is 5.23. The SMILES string of the molecule is CNCC(O)(CNC)c1ccccc1. The highest BCUT2D eigenvalue weighted by Crippen LogP contribution is 2.18. The molecule has 0 fully saturated rings. The van der Waals surface area contributed by atoms with Crippen molar-refractivity contribution in [2.45, 2.75) is 5.60 Å². The highest BCUT2D eigenvalue weighted by atomic mass is 16.3. The lowest BCUT2D eigenvalue weighted by molar-refractivity contribution is 0.0408. The fraction of sp³-hybridized carbons (Fsp3) is 0.455. The van der Waals surface area contributed by atoms with Crippen molar-refractivity contribution in [1.29, 1.82) is 0 Å². The molecule has 0 saturated heterocycles. The molecule has 0 atom stereocenters. The molecule has 0 radical (unpaired) electrons. The molecule has 0 bridgehead atoms. The van der Waals surface area contributed by atoms with Crippen LogP contribution in [0.1, 0.15) is 5.56 Å². The average molecular weight is 194 g/mol. The lowest BCUT2D eigenvalue weighted by atomic mass is 9.94. The molecule has 78 valence electrons. The molecule has 0 saturated carbocycles. The van der Waals surface area contributed by atoms with Crippen LogP contribution in [0.4, 0.5) is 0 Å². The molecule has 0 aliphatic rings. The van der Waals surface area contributed by atoms with E-state index in [4.69, 9.17) is 0 Å². The minimum absolute atomic E-state index is 0.540. The van der Waals surface area contributed by atoms with Crippen LogP contribution in [0.3, 0.4) is 0 Å². The molecule has 0 aromatic heterocycles. The third-order valence-electron chi connectivity index (χ3n) is 2.25. The smallest absolute Gasteiger partial charge is 0.114 e. The normalized spacial score (nSPS) is 11.6. The van der Waals surface area contributed by atoms with Gasteiger partial charge in [-0.05, 0) is 19.7 Å². The summed E-state index contributed by atoms with van der Waals surface area (Å²) >= 11 is 0. The Labute approximate surface area is 85.2 Å². The largest absolute Gasteiger partial charge is 0.382 e.